The van der Waals surface area contributed by atoms with Crippen LogP contribution in [0.25, 0.3) is 11.5 Å². The van der Waals surface area contributed by atoms with Crippen LogP contribution in [0.5, 0.6) is 0 Å². The van der Waals surface area contributed by atoms with E-state index < -0.39 is 0 Å². The first kappa shape index (κ1) is 19.3. The summed E-state index contributed by atoms with van der Waals surface area (Å²) in [4.78, 5) is 21.4. The summed E-state index contributed by atoms with van der Waals surface area (Å²) < 4.78 is 3.79. The van der Waals surface area contributed by atoms with Crippen molar-refractivity contribution in [2.24, 2.45) is 7.05 Å². The lowest BCUT2D eigenvalue weighted by atomic mass is 10.2. The monoisotopic (exact) mass is 402 g/mol. The average molecular weight is 402 g/mol. The van der Waals surface area contributed by atoms with Crippen LogP contribution >= 0.6 is 0 Å². The van der Waals surface area contributed by atoms with Gasteiger partial charge in [-0.2, -0.15) is 0 Å². The maximum atomic E-state index is 12.8. The second kappa shape index (κ2) is 8.16. The van der Waals surface area contributed by atoms with Crippen molar-refractivity contribution in [3.05, 3.63) is 66.9 Å². The van der Waals surface area contributed by atoms with Crippen molar-refractivity contribution in [2.45, 2.75) is 19.9 Å². The molecule has 0 radical (unpaired) electrons. The molecule has 1 amide bonds. The van der Waals surface area contributed by atoms with Crippen LogP contribution in [0, 0.1) is 0 Å². The van der Waals surface area contributed by atoms with Crippen molar-refractivity contribution in [1.29, 1.82) is 0 Å². The van der Waals surface area contributed by atoms with E-state index in [9.17, 15) is 4.79 Å². The van der Waals surface area contributed by atoms with Crippen molar-refractivity contribution < 1.29 is 4.79 Å². The third kappa shape index (κ3) is 4.04. The van der Waals surface area contributed by atoms with Crippen LogP contribution in [0.1, 0.15) is 30.2 Å². The van der Waals surface area contributed by atoms with Crippen molar-refractivity contribution >= 4 is 23.2 Å². The first-order chi connectivity index (χ1) is 14.5. The fourth-order valence-corrected chi connectivity index (χ4v) is 2.98. The zero-order valence-corrected chi connectivity index (χ0v) is 16.9. The maximum Gasteiger partial charge on any atom is 0.256 e. The number of amides is 1. The molecule has 0 saturated heterocycles. The SMILES string of the molecule is CC(C)n1cnnc1-c1cccc(NC(=O)c2cccc(Nc3cncn3C)c2)n1. The summed E-state index contributed by atoms with van der Waals surface area (Å²) in [6.45, 7) is 4.09. The summed E-state index contributed by atoms with van der Waals surface area (Å²) in [6, 6.07) is 12.9. The van der Waals surface area contributed by atoms with Gasteiger partial charge >= 0.3 is 0 Å². The molecule has 9 heteroatoms. The molecule has 3 aromatic heterocycles. The van der Waals surface area contributed by atoms with Crippen LogP contribution in [-0.4, -0.2) is 35.2 Å². The van der Waals surface area contributed by atoms with Gasteiger partial charge in [-0.15, -0.1) is 10.2 Å². The number of nitrogens with one attached hydrogen (secondary N) is 2. The van der Waals surface area contributed by atoms with Crippen LogP contribution < -0.4 is 10.6 Å². The Kier molecular flexibility index (Phi) is 5.25. The third-order valence-electron chi connectivity index (χ3n) is 4.56. The van der Waals surface area contributed by atoms with E-state index in [2.05, 4.69) is 30.8 Å². The van der Waals surface area contributed by atoms with Crippen LogP contribution in [-0.2, 0) is 7.05 Å². The standard InChI is InChI=1S/C21H22N8O/c1-14(2)29-13-23-27-20(29)17-8-5-9-18(25-17)26-21(30)15-6-4-7-16(10-15)24-19-11-22-12-28(19)3/h4-14,24H,1-3H3,(H,25,26,30). The Morgan fingerprint density at radius 1 is 1.10 bits per heavy atom. The Hall–Kier alpha value is -4.01. The highest BCUT2D eigenvalue weighted by Crippen LogP contribution is 2.21. The molecule has 1 aromatic carbocycles. The second-order valence-corrected chi connectivity index (χ2v) is 7.11. The molecule has 0 unspecified atom stereocenters. The van der Waals surface area contributed by atoms with Gasteiger partial charge in [0.25, 0.3) is 5.91 Å². The number of hydrogen-bond donors (Lipinski definition) is 2. The molecule has 0 aliphatic rings. The molecule has 0 atom stereocenters. The zero-order chi connectivity index (χ0) is 21.1. The Labute approximate surface area is 173 Å². The molecule has 152 valence electrons. The summed E-state index contributed by atoms with van der Waals surface area (Å²) in [5.41, 5.74) is 1.95. The number of aryl methyl sites for hydroxylation is 1. The van der Waals surface area contributed by atoms with Gasteiger partial charge in [-0.1, -0.05) is 12.1 Å². The molecule has 4 rings (SSSR count). The molecule has 0 bridgehead atoms. The predicted molar refractivity (Wildman–Crippen MR) is 115 cm³/mol. The number of hydrogen-bond acceptors (Lipinski definition) is 6. The van der Waals surface area contributed by atoms with Crippen molar-refractivity contribution in [2.75, 3.05) is 10.6 Å². The zero-order valence-electron chi connectivity index (χ0n) is 16.9. The van der Waals surface area contributed by atoms with E-state index in [1.807, 2.05) is 54.3 Å². The van der Waals surface area contributed by atoms with Gasteiger partial charge in [-0.3, -0.25) is 4.79 Å². The van der Waals surface area contributed by atoms with Gasteiger partial charge in [-0.05, 0) is 44.2 Å². The van der Waals surface area contributed by atoms with Gasteiger partial charge in [-0.25, -0.2) is 9.97 Å². The average Bonchev–Trinajstić information content (AvgIpc) is 3.38. The minimum atomic E-state index is -0.251. The highest BCUT2D eigenvalue weighted by atomic mass is 16.1. The number of aromatic nitrogens is 6. The van der Waals surface area contributed by atoms with E-state index in [4.69, 9.17) is 0 Å². The predicted octanol–water partition coefficient (Wildman–Crippen LogP) is 3.65. The first-order valence-electron chi connectivity index (χ1n) is 9.53. The van der Waals surface area contributed by atoms with Crippen LogP contribution in [0.2, 0.25) is 0 Å². The van der Waals surface area contributed by atoms with E-state index in [-0.39, 0.29) is 11.9 Å². The molecule has 0 saturated carbocycles. The van der Waals surface area contributed by atoms with E-state index in [0.29, 0.717) is 22.9 Å². The number of pyridine rings is 1. The Morgan fingerprint density at radius 3 is 2.70 bits per heavy atom. The minimum Gasteiger partial charge on any atom is -0.340 e. The third-order valence-corrected chi connectivity index (χ3v) is 4.56. The maximum absolute atomic E-state index is 12.8. The fourth-order valence-electron chi connectivity index (χ4n) is 2.98. The Bertz CT molecular complexity index is 1180. The van der Waals surface area contributed by atoms with Gasteiger partial charge in [0.1, 0.15) is 23.7 Å². The van der Waals surface area contributed by atoms with Gasteiger partial charge in [0.2, 0.25) is 0 Å². The van der Waals surface area contributed by atoms with Crippen molar-refractivity contribution in [3.8, 4) is 11.5 Å². The van der Waals surface area contributed by atoms with E-state index in [1.165, 1.54) is 0 Å². The molecular formula is C21H22N8O. The lowest BCUT2D eigenvalue weighted by Gasteiger charge is -2.11. The van der Waals surface area contributed by atoms with Crippen molar-refractivity contribution in [1.82, 2.24) is 29.3 Å². The molecular weight excluding hydrogens is 380 g/mol. The second-order valence-electron chi connectivity index (χ2n) is 7.11. The lowest BCUT2D eigenvalue weighted by Crippen LogP contribution is -2.13. The number of anilines is 3. The molecule has 0 fully saturated rings. The molecule has 0 aliphatic carbocycles. The fraction of sp³-hybridized carbons (Fsp3) is 0.190. The summed E-state index contributed by atoms with van der Waals surface area (Å²) in [7, 11) is 1.89. The van der Waals surface area contributed by atoms with Crippen LogP contribution in [0.4, 0.5) is 17.3 Å². The van der Waals surface area contributed by atoms with E-state index in [0.717, 1.165) is 11.5 Å². The quantitative estimate of drug-likeness (QED) is 0.510. The largest absolute Gasteiger partial charge is 0.340 e. The van der Waals surface area contributed by atoms with E-state index >= 15 is 0 Å². The first-order valence-corrected chi connectivity index (χ1v) is 9.53. The molecule has 9 nitrogen and oxygen atoms in total. The number of carbonyl (C=O) groups is 1. The summed E-state index contributed by atoms with van der Waals surface area (Å²) in [6.07, 6.45) is 5.10. The van der Waals surface area contributed by atoms with Crippen LogP contribution in [0.15, 0.2) is 61.3 Å². The highest BCUT2D eigenvalue weighted by Gasteiger charge is 2.13. The number of imidazole rings is 1. The van der Waals surface area contributed by atoms with Crippen molar-refractivity contribution in [3.63, 3.8) is 0 Å². The molecule has 0 aliphatic heterocycles. The molecule has 30 heavy (non-hydrogen) atoms. The molecule has 4 aromatic rings. The molecule has 2 N–H and O–H groups in total. The number of benzene rings is 1. The lowest BCUT2D eigenvalue weighted by molar-refractivity contribution is 0.102. The summed E-state index contributed by atoms with van der Waals surface area (Å²) in [5.74, 6) is 1.68. The van der Waals surface area contributed by atoms with Gasteiger partial charge in [0, 0.05) is 24.3 Å². The minimum absolute atomic E-state index is 0.199. The van der Waals surface area contributed by atoms with Gasteiger partial charge in [0.05, 0.1) is 12.5 Å². The summed E-state index contributed by atoms with van der Waals surface area (Å²) in [5, 5.41) is 14.2. The Morgan fingerprint density at radius 2 is 1.93 bits per heavy atom. The Balaban J connectivity index is 1.52. The normalized spacial score (nSPS) is 10.9. The number of nitrogens with zero attached hydrogens (tertiary/aromatic N) is 6. The highest BCUT2D eigenvalue weighted by molar-refractivity contribution is 6.04. The molecule has 0 spiro atoms. The van der Waals surface area contributed by atoms with E-state index in [1.54, 1.807) is 37.1 Å². The molecule has 3 heterocycles. The summed E-state index contributed by atoms with van der Waals surface area (Å²) >= 11 is 0. The van der Waals surface area contributed by atoms with Crippen LogP contribution in [0.3, 0.4) is 0 Å². The topological polar surface area (TPSA) is 103 Å². The number of carbonyl (C=O) groups excluding carboxylic acids is 1. The number of rotatable bonds is 6. The smallest absolute Gasteiger partial charge is 0.256 e. The van der Waals surface area contributed by atoms with Gasteiger partial charge < -0.3 is 19.8 Å². The van der Waals surface area contributed by atoms with Gasteiger partial charge in [0.15, 0.2) is 5.82 Å².